The molecule has 0 bridgehead atoms. The van der Waals surface area contributed by atoms with Crippen LogP contribution in [0.15, 0.2) is 36.5 Å². The predicted molar refractivity (Wildman–Crippen MR) is 82.9 cm³/mol. The van der Waals surface area contributed by atoms with Gasteiger partial charge in [-0.15, -0.1) is 11.3 Å². The lowest BCUT2D eigenvalue weighted by Gasteiger charge is -2.22. The van der Waals surface area contributed by atoms with Crippen molar-refractivity contribution in [2.45, 2.75) is 25.4 Å². The van der Waals surface area contributed by atoms with Crippen molar-refractivity contribution in [3.63, 3.8) is 0 Å². The third-order valence-corrected chi connectivity index (χ3v) is 4.82. The fourth-order valence-corrected chi connectivity index (χ4v) is 3.72. The molecule has 1 aliphatic rings. The second-order valence-electron chi connectivity index (χ2n) is 5.22. The van der Waals surface area contributed by atoms with E-state index < -0.39 is 0 Å². The molecule has 0 N–H and O–H groups in total. The van der Waals surface area contributed by atoms with Gasteiger partial charge in [-0.3, -0.25) is 4.90 Å². The summed E-state index contributed by atoms with van der Waals surface area (Å²) in [5.41, 5.74) is 1.21. The van der Waals surface area contributed by atoms with Gasteiger partial charge in [-0.1, -0.05) is 30.3 Å². The number of hydrogen-bond acceptors (Lipinski definition) is 4. The fourth-order valence-electron chi connectivity index (χ4n) is 2.78. The van der Waals surface area contributed by atoms with Gasteiger partial charge < -0.3 is 4.74 Å². The van der Waals surface area contributed by atoms with E-state index in [0.717, 1.165) is 18.2 Å². The van der Waals surface area contributed by atoms with Crippen molar-refractivity contribution in [1.29, 1.82) is 0 Å². The van der Waals surface area contributed by atoms with Crippen LogP contribution in [-0.4, -0.2) is 36.2 Å². The Bertz CT molecular complexity index is 540. The van der Waals surface area contributed by atoms with Crippen LogP contribution in [0.25, 0.3) is 10.6 Å². The van der Waals surface area contributed by atoms with Crippen LogP contribution in [-0.2, 0) is 11.3 Å². The molecule has 0 radical (unpaired) electrons. The summed E-state index contributed by atoms with van der Waals surface area (Å²) < 4.78 is 5.31. The van der Waals surface area contributed by atoms with Gasteiger partial charge in [0.2, 0.25) is 0 Å². The zero-order valence-corrected chi connectivity index (χ0v) is 12.6. The minimum absolute atomic E-state index is 0.572. The van der Waals surface area contributed by atoms with E-state index in [9.17, 15) is 0 Å². The highest BCUT2D eigenvalue weighted by Gasteiger charge is 2.24. The Hall–Kier alpha value is -1.23. The summed E-state index contributed by atoms with van der Waals surface area (Å²) in [5, 5.41) is 1.11. The van der Waals surface area contributed by atoms with Crippen molar-refractivity contribution in [1.82, 2.24) is 9.88 Å². The summed E-state index contributed by atoms with van der Waals surface area (Å²) >= 11 is 1.80. The topological polar surface area (TPSA) is 25.4 Å². The molecule has 20 heavy (non-hydrogen) atoms. The van der Waals surface area contributed by atoms with Gasteiger partial charge in [-0.25, -0.2) is 4.98 Å². The quantitative estimate of drug-likeness (QED) is 0.843. The lowest BCUT2D eigenvalue weighted by atomic mass is 10.2. The molecule has 1 atom stereocenters. The van der Waals surface area contributed by atoms with E-state index in [4.69, 9.17) is 4.74 Å². The molecular weight excluding hydrogens is 268 g/mol. The predicted octanol–water partition coefficient (Wildman–Crippen LogP) is 3.42. The maximum atomic E-state index is 5.31. The molecule has 0 amide bonds. The van der Waals surface area contributed by atoms with Gasteiger partial charge in [-0.2, -0.15) is 0 Å². The monoisotopic (exact) mass is 288 g/mol. The summed E-state index contributed by atoms with van der Waals surface area (Å²) in [6.45, 7) is 3.01. The second kappa shape index (κ2) is 6.48. The molecular formula is C16H20N2OS. The molecule has 0 spiro atoms. The van der Waals surface area contributed by atoms with Gasteiger partial charge in [0.15, 0.2) is 0 Å². The van der Waals surface area contributed by atoms with E-state index in [1.54, 1.807) is 18.4 Å². The molecule has 1 saturated heterocycles. The van der Waals surface area contributed by atoms with Gasteiger partial charge in [0.25, 0.3) is 0 Å². The largest absolute Gasteiger partial charge is 0.383 e. The molecule has 0 saturated carbocycles. The van der Waals surface area contributed by atoms with E-state index in [1.165, 1.54) is 29.8 Å². The average Bonchev–Trinajstić information content (AvgIpc) is 3.11. The molecule has 0 unspecified atom stereocenters. The number of benzene rings is 1. The Morgan fingerprint density at radius 2 is 2.20 bits per heavy atom. The average molecular weight is 288 g/mol. The lowest BCUT2D eigenvalue weighted by Crippen LogP contribution is -2.32. The first-order valence-corrected chi connectivity index (χ1v) is 7.91. The van der Waals surface area contributed by atoms with Crippen molar-refractivity contribution < 1.29 is 4.74 Å². The molecule has 3 rings (SSSR count). The molecule has 1 aromatic carbocycles. The Morgan fingerprint density at radius 3 is 3.00 bits per heavy atom. The number of ether oxygens (including phenoxy) is 1. The van der Waals surface area contributed by atoms with Gasteiger partial charge in [0, 0.05) is 36.3 Å². The number of likely N-dealkylation sites (tertiary alicyclic amines) is 1. The SMILES string of the molecule is COC[C@@H]1CCCN1Cc1cnc(-c2ccccc2)s1. The maximum Gasteiger partial charge on any atom is 0.123 e. The zero-order chi connectivity index (χ0) is 13.8. The minimum Gasteiger partial charge on any atom is -0.383 e. The van der Waals surface area contributed by atoms with Crippen molar-refractivity contribution in [3.8, 4) is 10.6 Å². The minimum atomic E-state index is 0.572. The molecule has 2 aromatic rings. The normalized spacial score (nSPS) is 19.6. The molecule has 1 aromatic heterocycles. The molecule has 2 heterocycles. The van der Waals surface area contributed by atoms with Crippen LogP contribution >= 0.6 is 11.3 Å². The smallest absolute Gasteiger partial charge is 0.123 e. The van der Waals surface area contributed by atoms with E-state index in [-0.39, 0.29) is 0 Å². The Kier molecular flexibility index (Phi) is 4.45. The molecule has 106 valence electrons. The van der Waals surface area contributed by atoms with Crippen molar-refractivity contribution in [2.24, 2.45) is 0 Å². The van der Waals surface area contributed by atoms with E-state index in [2.05, 4.69) is 34.1 Å². The molecule has 0 aliphatic carbocycles. The summed E-state index contributed by atoms with van der Waals surface area (Å²) in [6.07, 6.45) is 4.55. The van der Waals surface area contributed by atoms with Crippen LogP contribution in [0.3, 0.4) is 0 Å². The Labute approximate surface area is 124 Å². The Balaban J connectivity index is 1.68. The van der Waals surface area contributed by atoms with Crippen LogP contribution in [0.1, 0.15) is 17.7 Å². The first-order valence-electron chi connectivity index (χ1n) is 7.10. The van der Waals surface area contributed by atoms with E-state index in [0.29, 0.717) is 6.04 Å². The highest BCUT2D eigenvalue weighted by atomic mass is 32.1. The van der Waals surface area contributed by atoms with Gasteiger partial charge in [0.1, 0.15) is 5.01 Å². The summed E-state index contributed by atoms with van der Waals surface area (Å²) in [7, 11) is 1.79. The van der Waals surface area contributed by atoms with E-state index >= 15 is 0 Å². The van der Waals surface area contributed by atoms with Crippen molar-refractivity contribution in [2.75, 3.05) is 20.3 Å². The number of nitrogens with zero attached hydrogens (tertiary/aromatic N) is 2. The second-order valence-corrected chi connectivity index (χ2v) is 6.33. The van der Waals surface area contributed by atoms with Crippen LogP contribution in [0, 0.1) is 0 Å². The van der Waals surface area contributed by atoms with Crippen LogP contribution in [0.5, 0.6) is 0 Å². The molecule has 3 nitrogen and oxygen atoms in total. The van der Waals surface area contributed by atoms with Gasteiger partial charge >= 0.3 is 0 Å². The van der Waals surface area contributed by atoms with Gasteiger partial charge in [-0.05, 0) is 19.4 Å². The van der Waals surface area contributed by atoms with Crippen LogP contribution in [0.2, 0.25) is 0 Å². The standard InChI is InChI=1S/C16H20N2OS/c1-19-12-14-8-5-9-18(14)11-15-10-17-16(20-15)13-6-3-2-4-7-13/h2-4,6-7,10,14H,5,8-9,11-12H2,1H3/t14-/m0/s1. The van der Waals surface area contributed by atoms with E-state index in [1.807, 2.05) is 12.3 Å². The molecule has 4 heteroatoms. The van der Waals surface area contributed by atoms with Crippen molar-refractivity contribution >= 4 is 11.3 Å². The zero-order valence-electron chi connectivity index (χ0n) is 11.8. The van der Waals surface area contributed by atoms with Crippen LogP contribution in [0.4, 0.5) is 0 Å². The van der Waals surface area contributed by atoms with Crippen molar-refractivity contribution in [3.05, 3.63) is 41.4 Å². The third-order valence-electron chi connectivity index (χ3n) is 3.79. The highest BCUT2D eigenvalue weighted by molar-refractivity contribution is 7.15. The fraction of sp³-hybridized carbons (Fsp3) is 0.438. The number of hydrogen-bond donors (Lipinski definition) is 0. The third kappa shape index (κ3) is 3.08. The van der Waals surface area contributed by atoms with Gasteiger partial charge in [0.05, 0.1) is 6.61 Å². The summed E-state index contributed by atoms with van der Waals surface area (Å²) in [5.74, 6) is 0. The molecule has 1 aliphatic heterocycles. The number of thiazole rings is 1. The number of aromatic nitrogens is 1. The summed E-state index contributed by atoms with van der Waals surface area (Å²) in [6, 6.07) is 11.0. The Morgan fingerprint density at radius 1 is 1.35 bits per heavy atom. The first-order chi connectivity index (χ1) is 9.86. The summed E-state index contributed by atoms with van der Waals surface area (Å²) in [4.78, 5) is 8.42. The lowest BCUT2D eigenvalue weighted by molar-refractivity contribution is 0.112. The maximum absolute atomic E-state index is 5.31. The molecule has 1 fully saturated rings. The van der Waals surface area contributed by atoms with Crippen LogP contribution < -0.4 is 0 Å². The first kappa shape index (κ1) is 13.7. The number of rotatable bonds is 5. The highest BCUT2D eigenvalue weighted by Crippen LogP contribution is 2.27. The number of methoxy groups -OCH3 is 1.